The number of rotatable bonds is 36. The summed E-state index contributed by atoms with van der Waals surface area (Å²) < 4.78 is 33.1. The molecule has 0 amide bonds. The maximum atomic E-state index is 12.7. The summed E-state index contributed by atoms with van der Waals surface area (Å²) in [6, 6.07) is 0. The number of phosphoric acid groups is 1. The van der Waals surface area contributed by atoms with E-state index in [2.05, 4.69) is 62.5 Å². The molecule has 0 aromatic rings. The van der Waals surface area contributed by atoms with Crippen molar-refractivity contribution >= 4 is 19.8 Å². The largest absolute Gasteiger partial charge is 0.756 e. The van der Waals surface area contributed by atoms with Gasteiger partial charge in [0.1, 0.15) is 43.2 Å². The monoisotopic (exact) mass is 858 g/mol. The Bertz CT molecular complexity index is 1220. The number of hydrogen-bond donors (Lipinski definition) is 5. The molecule has 14 heteroatoms. The van der Waals surface area contributed by atoms with Gasteiger partial charge in [-0.25, -0.2) is 0 Å². The summed E-state index contributed by atoms with van der Waals surface area (Å²) in [5, 5.41) is 50.0. The number of hydrogen-bond acceptors (Lipinski definition) is 13. The maximum Gasteiger partial charge on any atom is 0.306 e. The first kappa shape index (κ1) is 54.8. The summed E-state index contributed by atoms with van der Waals surface area (Å²) in [4.78, 5) is 37.9. The zero-order valence-electron chi connectivity index (χ0n) is 36.0. The van der Waals surface area contributed by atoms with Crippen LogP contribution in [0.4, 0.5) is 0 Å². The lowest BCUT2D eigenvalue weighted by atomic mass is 9.85. The van der Waals surface area contributed by atoms with Gasteiger partial charge in [-0.1, -0.05) is 127 Å². The molecule has 0 aromatic carbocycles. The molecule has 0 spiro atoms. The zero-order valence-corrected chi connectivity index (χ0v) is 36.9. The molecule has 1 saturated carbocycles. The molecule has 0 heterocycles. The number of unbranched alkanes of at least 4 members (excludes halogenated alkanes) is 16. The number of ether oxygens (including phenoxy) is 2. The molecule has 59 heavy (non-hydrogen) atoms. The smallest absolute Gasteiger partial charge is 0.306 e. The van der Waals surface area contributed by atoms with E-state index in [0.29, 0.717) is 12.8 Å². The van der Waals surface area contributed by atoms with Crippen LogP contribution in [0, 0.1) is 0 Å². The van der Waals surface area contributed by atoms with E-state index in [1.165, 1.54) is 38.5 Å². The van der Waals surface area contributed by atoms with E-state index in [4.69, 9.17) is 18.5 Å². The molecule has 5 N–H and O–H groups in total. The molecule has 342 valence electrons. The maximum absolute atomic E-state index is 12.7. The number of phosphoric ester groups is 1. The molecule has 1 aliphatic rings. The highest BCUT2D eigenvalue weighted by molar-refractivity contribution is 7.45. The Hall–Kier alpha value is -2.19. The van der Waals surface area contributed by atoms with Gasteiger partial charge in [0, 0.05) is 12.8 Å². The van der Waals surface area contributed by atoms with Crippen LogP contribution < -0.4 is 4.89 Å². The minimum Gasteiger partial charge on any atom is -0.756 e. The fraction of sp³-hybridized carbons (Fsp3) is 0.778. The Kier molecular flexibility index (Phi) is 32.9. The lowest BCUT2D eigenvalue weighted by Crippen LogP contribution is -2.64. The van der Waals surface area contributed by atoms with E-state index in [1.54, 1.807) is 0 Å². The molecule has 1 aliphatic carbocycles. The van der Waals surface area contributed by atoms with E-state index in [-0.39, 0.29) is 12.8 Å². The normalized spacial score (nSPS) is 22.8. The van der Waals surface area contributed by atoms with E-state index >= 15 is 0 Å². The van der Waals surface area contributed by atoms with Crippen molar-refractivity contribution < 1.29 is 63.1 Å². The van der Waals surface area contributed by atoms with Crippen molar-refractivity contribution in [1.29, 1.82) is 0 Å². The summed E-state index contributed by atoms with van der Waals surface area (Å²) >= 11 is 0. The van der Waals surface area contributed by atoms with Gasteiger partial charge in [-0.3, -0.25) is 14.2 Å². The quantitative estimate of drug-likeness (QED) is 0.0177. The van der Waals surface area contributed by atoms with Crippen LogP contribution >= 0.6 is 7.82 Å². The molecule has 1 rings (SSSR count). The summed E-state index contributed by atoms with van der Waals surface area (Å²) in [5.41, 5.74) is 0. The second kappa shape index (κ2) is 35.4. The second-order valence-electron chi connectivity index (χ2n) is 15.5. The Morgan fingerprint density at radius 2 is 0.932 bits per heavy atom. The highest BCUT2D eigenvalue weighted by Crippen LogP contribution is 2.43. The van der Waals surface area contributed by atoms with Gasteiger partial charge in [0.05, 0.1) is 6.61 Å². The van der Waals surface area contributed by atoms with Crippen molar-refractivity contribution in [2.24, 2.45) is 0 Å². The third-order valence-corrected chi connectivity index (χ3v) is 11.1. The number of esters is 2. The molecule has 13 nitrogen and oxygen atoms in total. The van der Waals surface area contributed by atoms with Crippen LogP contribution in [0.3, 0.4) is 0 Å². The fourth-order valence-corrected chi connectivity index (χ4v) is 7.41. The topological polar surface area (TPSA) is 212 Å². The van der Waals surface area contributed by atoms with Crippen LogP contribution in [0.1, 0.15) is 168 Å². The first-order valence-corrected chi connectivity index (χ1v) is 23.9. The predicted octanol–water partition coefficient (Wildman–Crippen LogP) is 7.76. The van der Waals surface area contributed by atoms with Crippen molar-refractivity contribution in [3.05, 3.63) is 48.6 Å². The van der Waals surface area contributed by atoms with E-state index in [0.717, 1.165) is 89.9 Å². The van der Waals surface area contributed by atoms with Crippen molar-refractivity contribution in [3.63, 3.8) is 0 Å². The summed E-state index contributed by atoms with van der Waals surface area (Å²) in [7, 11) is -5.37. The molecule has 1 fully saturated rings. The number of carbonyl (C=O) groups is 2. The number of aliphatic hydroxyl groups excluding tert-OH is 5. The van der Waals surface area contributed by atoms with Crippen LogP contribution in [-0.4, -0.2) is 93.4 Å². The van der Waals surface area contributed by atoms with Crippen LogP contribution in [-0.2, 0) is 32.7 Å². The summed E-state index contributed by atoms with van der Waals surface area (Å²) in [6.45, 7) is 3.12. The Labute approximate surface area is 354 Å². The number of carbonyl (C=O) groups excluding carboxylic acids is 2. The van der Waals surface area contributed by atoms with E-state index < -0.39 is 75.7 Å². The number of aliphatic hydroxyl groups is 5. The molecule has 0 bridgehead atoms. The van der Waals surface area contributed by atoms with Crippen molar-refractivity contribution in [2.45, 2.75) is 211 Å². The van der Waals surface area contributed by atoms with Gasteiger partial charge < -0.3 is 48.9 Å². The van der Waals surface area contributed by atoms with Crippen LogP contribution in [0.25, 0.3) is 0 Å². The molecule has 0 saturated heterocycles. The van der Waals surface area contributed by atoms with Gasteiger partial charge in [-0.15, -0.1) is 0 Å². The van der Waals surface area contributed by atoms with Gasteiger partial charge in [-0.05, 0) is 77.0 Å². The van der Waals surface area contributed by atoms with Gasteiger partial charge in [0.25, 0.3) is 7.82 Å². The fourth-order valence-electron chi connectivity index (χ4n) is 6.46. The van der Waals surface area contributed by atoms with Gasteiger partial charge in [0.2, 0.25) is 0 Å². The average molecular weight is 858 g/mol. The van der Waals surface area contributed by atoms with Crippen molar-refractivity contribution in [3.8, 4) is 0 Å². The van der Waals surface area contributed by atoms with Crippen molar-refractivity contribution in [2.75, 3.05) is 13.2 Å². The second-order valence-corrected chi connectivity index (χ2v) is 16.9. The molecular formula is C45H78O13P-. The molecule has 0 aliphatic heterocycles. The SMILES string of the molecule is CCCCCC=CCC=CCCCCCCCC(=O)OC[C@@H](COP(=O)([O-])OC1[C@H](O)[C@H](O)C(O)[C@H](O)[C@H]1O)OC(=O)CCCCCCCC=CCC=CCCCCC. The number of allylic oxidation sites excluding steroid dienone is 8. The average Bonchev–Trinajstić information content (AvgIpc) is 3.21. The van der Waals surface area contributed by atoms with Gasteiger partial charge in [0.15, 0.2) is 6.10 Å². The van der Waals surface area contributed by atoms with Gasteiger partial charge in [-0.2, -0.15) is 0 Å². The third-order valence-electron chi connectivity index (χ3n) is 10.1. The lowest BCUT2D eigenvalue weighted by molar-refractivity contribution is -0.261. The summed E-state index contributed by atoms with van der Waals surface area (Å²) in [6.07, 6.45) is 26.9. The molecule has 8 atom stereocenters. The van der Waals surface area contributed by atoms with Crippen molar-refractivity contribution in [1.82, 2.24) is 0 Å². The lowest BCUT2D eigenvalue weighted by Gasteiger charge is -2.43. The van der Waals surface area contributed by atoms with Crippen LogP contribution in [0.2, 0.25) is 0 Å². The molecule has 3 unspecified atom stereocenters. The predicted molar refractivity (Wildman–Crippen MR) is 228 cm³/mol. The van der Waals surface area contributed by atoms with Crippen LogP contribution in [0.15, 0.2) is 48.6 Å². The Balaban J connectivity index is 2.50. The minimum atomic E-state index is -5.37. The molecule has 0 radical (unpaired) electrons. The Morgan fingerprint density at radius 3 is 1.39 bits per heavy atom. The van der Waals surface area contributed by atoms with Gasteiger partial charge >= 0.3 is 11.9 Å². The summed E-state index contributed by atoms with van der Waals surface area (Å²) in [5.74, 6) is -1.17. The highest BCUT2D eigenvalue weighted by atomic mass is 31.2. The Morgan fingerprint density at radius 1 is 0.542 bits per heavy atom. The standard InChI is InChI=1S/C45H79O13P/c1-3-5-7-9-11-13-15-17-19-21-23-25-27-29-31-33-38(46)55-35-37(36-56-59(53,54)58-45-43(51)41(49)40(48)42(50)44(45)52)57-39(47)34-32-30-28-26-24-22-20-18-16-14-12-10-8-6-4-2/h11-14,17-20,37,40-45,48-52H,3-10,15-16,21-36H2,1-2H3,(H,53,54)/p-1/t37-,40?,41-,42+,43+,44+,45?/m0/s1. The van der Waals surface area contributed by atoms with E-state index in [9.17, 15) is 44.6 Å². The first-order valence-electron chi connectivity index (χ1n) is 22.4. The highest BCUT2D eigenvalue weighted by Gasteiger charge is 2.50. The zero-order chi connectivity index (χ0) is 43.6. The molecular weight excluding hydrogens is 779 g/mol. The first-order chi connectivity index (χ1) is 28.4. The van der Waals surface area contributed by atoms with Crippen LogP contribution in [0.5, 0.6) is 0 Å². The minimum absolute atomic E-state index is 0.0605. The van der Waals surface area contributed by atoms with E-state index in [1.807, 2.05) is 0 Å². The molecule has 0 aromatic heterocycles. The third kappa shape index (κ3) is 28.1.